The molecule has 3 N–H and O–H groups in total. The number of piperidine rings is 1. The number of nitrogens with zero attached hydrogens (tertiary/aromatic N) is 1. The molecule has 0 saturated carbocycles. The molecule has 4 atom stereocenters. The van der Waals surface area contributed by atoms with Crippen molar-refractivity contribution in [3.63, 3.8) is 0 Å². The molecule has 0 aromatic heterocycles. The second-order valence-electron chi connectivity index (χ2n) is 11.8. The summed E-state index contributed by atoms with van der Waals surface area (Å²) in [6.45, 7) is 7.47. The zero-order chi connectivity index (χ0) is 31.6. The van der Waals surface area contributed by atoms with Crippen LogP contribution in [0.1, 0.15) is 67.8 Å². The first kappa shape index (κ1) is 32.6. The van der Waals surface area contributed by atoms with E-state index >= 15 is 0 Å². The second kappa shape index (κ2) is 16.0. The van der Waals surface area contributed by atoms with E-state index in [4.69, 9.17) is 14.2 Å². The topological polar surface area (TPSA) is 109 Å². The molecule has 2 amide bonds. The number of nitrogens with one attached hydrogen (secondary N) is 2. The van der Waals surface area contributed by atoms with Crippen LogP contribution in [0.15, 0.2) is 72.8 Å². The molecular weight excluding hydrogens is 570 g/mol. The Bertz CT molecular complexity index is 1390. The van der Waals surface area contributed by atoms with Gasteiger partial charge < -0.3 is 34.9 Å². The van der Waals surface area contributed by atoms with Crippen LogP contribution < -0.4 is 10.6 Å². The van der Waals surface area contributed by atoms with Crippen molar-refractivity contribution in [3.05, 3.63) is 95.1 Å². The fourth-order valence-electron chi connectivity index (χ4n) is 6.03. The Morgan fingerprint density at radius 3 is 2.33 bits per heavy atom. The van der Waals surface area contributed by atoms with Gasteiger partial charge in [-0.3, -0.25) is 4.79 Å². The number of amides is 2. The van der Waals surface area contributed by atoms with Crippen LogP contribution in [0.5, 0.6) is 0 Å². The molecule has 0 radical (unpaired) electrons. The standard InChI is InChI=1S/C36H45N3O6/c1-3-43-33(41)22-38-36(42)37-21-27-8-7-9-31(20-27)28-14-16-30(17-15-28)35-44-32(23-39-18-5-4-6-19-39)25(2)34(45-35)29-12-10-26(24-40)11-13-29/h7-17,20,25,32,34-35,40H,3-6,18-19,21-24H2,1-2H3,(H2,37,38,42)/t25-,32+,34+,35+/m0/s1. The quantitative estimate of drug-likeness (QED) is 0.245. The molecule has 0 spiro atoms. The lowest BCUT2D eigenvalue weighted by atomic mass is 9.89. The molecule has 2 heterocycles. The molecule has 3 aromatic rings. The smallest absolute Gasteiger partial charge is 0.325 e. The number of likely N-dealkylation sites (tertiary alicyclic amines) is 1. The van der Waals surface area contributed by atoms with Gasteiger partial charge in [0.2, 0.25) is 0 Å². The van der Waals surface area contributed by atoms with Crippen molar-refractivity contribution in [2.45, 2.75) is 64.8 Å². The predicted octanol–water partition coefficient (Wildman–Crippen LogP) is 5.49. The van der Waals surface area contributed by atoms with Crippen molar-refractivity contribution in [1.82, 2.24) is 15.5 Å². The van der Waals surface area contributed by atoms with Crippen LogP contribution in [0, 0.1) is 5.92 Å². The van der Waals surface area contributed by atoms with Crippen LogP contribution in [0.2, 0.25) is 0 Å². The number of hydrogen-bond donors (Lipinski definition) is 3. The third-order valence-corrected chi connectivity index (χ3v) is 8.61. The van der Waals surface area contributed by atoms with Crippen molar-refractivity contribution in [1.29, 1.82) is 0 Å². The molecule has 2 aliphatic heterocycles. The van der Waals surface area contributed by atoms with Gasteiger partial charge in [-0.1, -0.05) is 80.1 Å². The number of aliphatic hydroxyl groups excluding tert-OH is 1. The van der Waals surface area contributed by atoms with E-state index in [-0.39, 0.29) is 37.9 Å². The van der Waals surface area contributed by atoms with E-state index < -0.39 is 18.3 Å². The maximum absolute atomic E-state index is 12.1. The lowest BCUT2D eigenvalue weighted by molar-refractivity contribution is -0.276. The summed E-state index contributed by atoms with van der Waals surface area (Å²) in [5.41, 5.74) is 5.93. The highest BCUT2D eigenvalue weighted by Gasteiger charge is 2.39. The first-order valence-electron chi connectivity index (χ1n) is 16.0. The minimum absolute atomic E-state index is 0.0164. The van der Waals surface area contributed by atoms with E-state index in [1.807, 2.05) is 36.4 Å². The number of benzene rings is 3. The van der Waals surface area contributed by atoms with Crippen molar-refractivity contribution in [2.24, 2.45) is 5.92 Å². The van der Waals surface area contributed by atoms with Gasteiger partial charge in [0.05, 0.1) is 25.4 Å². The summed E-state index contributed by atoms with van der Waals surface area (Å²) in [6.07, 6.45) is 3.13. The van der Waals surface area contributed by atoms with E-state index in [0.717, 1.165) is 53.0 Å². The third kappa shape index (κ3) is 8.92. The SMILES string of the molecule is CCOC(=O)CNC(=O)NCc1cccc(-c2ccc([C@@H]3O[C@H](CN4CCCCC4)[C@H](C)[C@H](c4ccc(CO)cc4)O3)cc2)c1. The molecule has 5 rings (SSSR count). The van der Waals surface area contributed by atoms with Gasteiger partial charge >= 0.3 is 12.0 Å². The Morgan fingerprint density at radius 2 is 1.62 bits per heavy atom. The maximum Gasteiger partial charge on any atom is 0.325 e. The number of hydrogen-bond acceptors (Lipinski definition) is 7. The minimum atomic E-state index is -0.504. The second-order valence-corrected chi connectivity index (χ2v) is 11.8. The van der Waals surface area contributed by atoms with Crippen LogP contribution >= 0.6 is 0 Å². The van der Waals surface area contributed by atoms with Gasteiger partial charge in [0, 0.05) is 24.6 Å². The lowest BCUT2D eigenvalue weighted by Crippen LogP contribution is -2.45. The van der Waals surface area contributed by atoms with Gasteiger partial charge in [0.15, 0.2) is 6.29 Å². The van der Waals surface area contributed by atoms with Crippen molar-refractivity contribution >= 4 is 12.0 Å². The Balaban J connectivity index is 1.27. The third-order valence-electron chi connectivity index (χ3n) is 8.61. The summed E-state index contributed by atoms with van der Waals surface area (Å²) in [5, 5.41) is 14.8. The molecule has 45 heavy (non-hydrogen) atoms. The zero-order valence-corrected chi connectivity index (χ0v) is 26.2. The summed E-state index contributed by atoms with van der Waals surface area (Å²) in [5.74, 6) is -0.313. The van der Waals surface area contributed by atoms with Crippen molar-refractivity contribution < 1.29 is 28.9 Å². The molecule has 0 aliphatic carbocycles. The molecule has 240 valence electrons. The number of carbonyl (C=O) groups is 2. The first-order valence-corrected chi connectivity index (χ1v) is 16.0. The van der Waals surface area contributed by atoms with E-state index in [1.54, 1.807) is 6.92 Å². The zero-order valence-electron chi connectivity index (χ0n) is 26.2. The lowest BCUT2D eigenvalue weighted by Gasteiger charge is -2.43. The van der Waals surface area contributed by atoms with Gasteiger partial charge in [0.25, 0.3) is 0 Å². The van der Waals surface area contributed by atoms with Crippen LogP contribution in [0.3, 0.4) is 0 Å². The van der Waals surface area contributed by atoms with Gasteiger partial charge in [-0.2, -0.15) is 0 Å². The highest BCUT2D eigenvalue weighted by atomic mass is 16.7. The summed E-state index contributed by atoms with van der Waals surface area (Å²) >= 11 is 0. The van der Waals surface area contributed by atoms with Crippen LogP contribution in [0.4, 0.5) is 4.79 Å². The molecule has 3 aromatic carbocycles. The molecular formula is C36H45N3O6. The molecule has 0 unspecified atom stereocenters. The van der Waals surface area contributed by atoms with E-state index in [2.05, 4.69) is 58.9 Å². The number of rotatable bonds is 11. The van der Waals surface area contributed by atoms with Gasteiger partial charge in [-0.15, -0.1) is 0 Å². The Hall–Kier alpha value is -3.76. The summed E-state index contributed by atoms with van der Waals surface area (Å²) < 4.78 is 18.2. The number of esters is 1. The molecule has 9 heteroatoms. The monoisotopic (exact) mass is 615 g/mol. The normalized spacial score (nSPS) is 22.0. The van der Waals surface area contributed by atoms with E-state index in [1.165, 1.54) is 19.3 Å². The molecule has 0 bridgehead atoms. The molecule has 2 fully saturated rings. The Kier molecular flexibility index (Phi) is 11.6. The molecule has 9 nitrogen and oxygen atoms in total. The maximum atomic E-state index is 12.1. The van der Waals surface area contributed by atoms with Crippen molar-refractivity contribution in [2.75, 3.05) is 32.8 Å². The minimum Gasteiger partial charge on any atom is -0.465 e. The van der Waals surface area contributed by atoms with Gasteiger partial charge in [0.1, 0.15) is 6.54 Å². The van der Waals surface area contributed by atoms with Crippen molar-refractivity contribution in [3.8, 4) is 11.1 Å². The number of aliphatic hydroxyl groups is 1. The van der Waals surface area contributed by atoms with Crippen LogP contribution in [-0.4, -0.2) is 60.9 Å². The first-order chi connectivity index (χ1) is 21.9. The largest absolute Gasteiger partial charge is 0.465 e. The van der Waals surface area contributed by atoms with Crippen LogP contribution in [0.25, 0.3) is 11.1 Å². The fourth-order valence-corrected chi connectivity index (χ4v) is 6.03. The van der Waals surface area contributed by atoms with Gasteiger partial charge in [-0.25, -0.2) is 4.79 Å². The van der Waals surface area contributed by atoms with Gasteiger partial charge in [-0.05, 0) is 66.7 Å². The average Bonchev–Trinajstić information content (AvgIpc) is 3.08. The molecule has 2 aliphatic rings. The van der Waals surface area contributed by atoms with Crippen LogP contribution in [-0.2, 0) is 32.2 Å². The highest BCUT2D eigenvalue weighted by Crippen LogP contribution is 2.42. The molecule has 2 saturated heterocycles. The summed E-state index contributed by atoms with van der Waals surface area (Å²) in [6, 6.07) is 23.9. The number of ether oxygens (including phenoxy) is 3. The van der Waals surface area contributed by atoms with E-state index in [0.29, 0.717) is 6.54 Å². The summed E-state index contributed by atoms with van der Waals surface area (Å²) in [4.78, 5) is 26.1. The predicted molar refractivity (Wildman–Crippen MR) is 172 cm³/mol. The Labute approximate surface area is 265 Å². The fraction of sp³-hybridized carbons (Fsp3) is 0.444. The average molecular weight is 616 g/mol. The summed E-state index contributed by atoms with van der Waals surface area (Å²) in [7, 11) is 0. The number of urea groups is 1. The highest BCUT2D eigenvalue weighted by molar-refractivity contribution is 5.80. The number of carbonyl (C=O) groups excluding carboxylic acids is 2. The van der Waals surface area contributed by atoms with E-state index in [9.17, 15) is 14.7 Å². The Morgan fingerprint density at radius 1 is 0.889 bits per heavy atom.